The molecule has 8 nitrogen and oxygen atoms in total. The maximum atomic E-state index is 13.9. The van der Waals surface area contributed by atoms with E-state index in [4.69, 9.17) is 16.3 Å². The van der Waals surface area contributed by atoms with Crippen LogP contribution >= 0.6 is 11.6 Å². The Kier molecular flexibility index (Phi) is 6.36. The number of halogens is 1. The van der Waals surface area contributed by atoms with E-state index in [9.17, 15) is 8.42 Å². The smallest absolute Gasteiger partial charge is 0.247 e. The molecule has 37 heavy (non-hydrogen) atoms. The van der Waals surface area contributed by atoms with Crippen molar-refractivity contribution in [2.45, 2.75) is 37.4 Å². The molecule has 0 amide bonds. The van der Waals surface area contributed by atoms with Crippen LogP contribution < -0.4 is 9.64 Å². The lowest BCUT2D eigenvalue weighted by Crippen LogP contribution is -2.32. The first-order valence-electron chi connectivity index (χ1n) is 12.2. The van der Waals surface area contributed by atoms with E-state index in [1.807, 2.05) is 60.7 Å². The first kappa shape index (κ1) is 24.0. The second-order valence-corrected chi connectivity index (χ2v) is 11.7. The van der Waals surface area contributed by atoms with Gasteiger partial charge in [-0.25, -0.2) is 13.1 Å². The quantitative estimate of drug-likeness (QED) is 0.355. The summed E-state index contributed by atoms with van der Waals surface area (Å²) < 4.78 is 37.2. The molecular formula is C27H26ClN5O3S. The standard InChI is InChI=1S/C27H26ClN5O3S/c28-22-9-7-20(8-10-22)16-32-18-23(29-30-32)19-33-17-21-5-1-2-6-25(21)36-26-15-24(31-13-3-4-14-31)11-12-27(26)37(33,34)35/h1-2,5-12,15,18H,3-4,13-14,16-17,19H2. The zero-order valence-electron chi connectivity index (χ0n) is 20.1. The number of hydrogen-bond donors (Lipinski definition) is 0. The fraction of sp³-hybridized carbons (Fsp3) is 0.259. The highest BCUT2D eigenvalue weighted by Crippen LogP contribution is 2.39. The van der Waals surface area contributed by atoms with E-state index in [0.717, 1.165) is 42.7 Å². The van der Waals surface area contributed by atoms with Crippen molar-refractivity contribution in [1.82, 2.24) is 19.3 Å². The molecule has 0 spiro atoms. The summed E-state index contributed by atoms with van der Waals surface area (Å²) in [6.45, 7) is 2.68. The van der Waals surface area contributed by atoms with E-state index in [0.29, 0.717) is 28.8 Å². The van der Waals surface area contributed by atoms with Gasteiger partial charge in [0, 0.05) is 42.0 Å². The topological polar surface area (TPSA) is 80.6 Å². The monoisotopic (exact) mass is 535 g/mol. The average Bonchev–Trinajstić information content (AvgIpc) is 3.58. The van der Waals surface area contributed by atoms with Gasteiger partial charge < -0.3 is 9.64 Å². The lowest BCUT2D eigenvalue weighted by atomic mass is 10.2. The van der Waals surface area contributed by atoms with E-state index in [1.165, 1.54) is 4.31 Å². The number of aromatic nitrogens is 3. The first-order chi connectivity index (χ1) is 18.0. The summed E-state index contributed by atoms with van der Waals surface area (Å²) in [5.74, 6) is 0.988. The Labute approximate surface area is 221 Å². The molecule has 0 N–H and O–H groups in total. The third kappa shape index (κ3) is 4.94. The zero-order valence-corrected chi connectivity index (χ0v) is 21.7. The van der Waals surface area contributed by atoms with Crippen LogP contribution in [0.1, 0.15) is 29.7 Å². The van der Waals surface area contributed by atoms with Gasteiger partial charge in [0.1, 0.15) is 16.4 Å². The van der Waals surface area contributed by atoms with Crippen molar-refractivity contribution in [1.29, 1.82) is 0 Å². The Hall–Kier alpha value is -3.40. The molecule has 0 saturated carbocycles. The molecule has 1 saturated heterocycles. The van der Waals surface area contributed by atoms with E-state index in [2.05, 4.69) is 15.2 Å². The Morgan fingerprint density at radius 3 is 2.51 bits per heavy atom. The van der Waals surface area contributed by atoms with Crippen LogP contribution in [0, 0.1) is 0 Å². The number of ether oxygens (including phenoxy) is 1. The molecule has 0 unspecified atom stereocenters. The highest BCUT2D eigenvalue weighted by Gasteiger charge is 2.33. The SMILES string of the molecule is O=S1(=O)c2ccc(N3CCCC3)cc2Oc2ccccc2CN1Cc1cn(Cc2ccc(Cl)cc2)nn1. The lowest BCUT2D eigenvalue weighted by molar-refractivity contribution is 0.371. The van der Waals surface area contributed by atoms with Crippen LogP contribution in [0.3, 0.4) is 0 Å². The van der Waals surface area contributed by atoms with Crippen molar-refractivity contribution < 1.29 is 13.2 Å². The number of rotatable bonds is 5. The van der Waals surface area contributed by atoms with E-state index >= 15 is 0 Å². The molecule has 0 aliphatic carbocycles. The van der Waals surface area contributed by atoms with Crippen LogP contribution in [0.2, 0.25) is 5.02 Å². The molecular weight excluding hydrogens is 510 g/mol. The number of anilines is 1. The minimum absolute atomic E-state index is 0.0879. The molecule has 2 aliphatic rings. The molecule has 0 atom stereocenters. The lowest BCUT2D eigenvalue weighted by Gasteiger charge is -2.28. The second kappa shape index (κ2) is 9.81. The van der Waals surface area contributed by atoms with Gasteiger partial charge in [-0.1, -0.05) is 47.1 Å². The summed E-state index contributed by atoms with van der Waals surface area (Å²) in [4.78, 5) is 2.41. The number of hydrogen-bond acceptors (Lipinski definition) is 6. The van der Waals surface area contributed by atoms with Gasteiger partial charge in [-0.05, 0) is 48.7 Å². The van der Waals surface area contributed by atoms with Crippen molar-refractivity contribution in [2.24, 2.45) is 0 Å². The molecule has 190 valence electrons. The molecule has 4 aromatic rings. The number of nitrogens with zero attached hydrogens (tertiary/aromatic N) is 5. The molecule has 6 rings (SSSR count). The van der Waals surface area contributed by atoms with Crippen LogP contribution in [-0.2, 0) is 29.7 Å². The van der Waals surface area contributed by atoms with Crippen molar-refractivity contribution in [3.05, 3.63) is 94.8 Å². The molecule has 1 fully saturated rings. The fourth-order valence-electron chi connectivity index (χ4n) is 4.81. The summed E-state index contributed by atoms with van der Waals surface area (Å²) >= 11 is 5.98. The number of sulfonamides is 1. The number of para-hydroxylation sites is 1. The van der Waals surface area contributed by atoms with E-state index in [1.54, 1.807) is 16.9 Å². The van der Waals surface area contributed by atoms with Crippen LogP contribution in [0.5, 0.6) is 11.5 Å². The third-order valence-corrected chi connectivity index (χ3v) is 8.82. The second-order valence-electron chi connectivity index (χ2n) is 9.34. The molecule has 3 heterocycles. The Balaban J connectivity index is 1.33. The predicted octanol–water partition coefficient (Wildman–Crippen LogP) is 5.08. The maximum Gasteiger partial charge on any atom is 0.247 e. The van der Waals surface area contributed by atoms with Crippen LogP contribution in [0.4, 0.5) is 5.69 Å². The average molecular weight is 536 g/mol. The van der Waals surface area contributed by atoms with Crippen molar-refractivity contribution in [3.8, 4) is 11.5 Å². The predicted molar refractivity (Wildman–Crippen MR) is 141 cm³/mol. The van der Waals surface area contributed by atoms with Gasteiger partial charge in [0.25, 0.3) is 0 Å². The zero-order chi connectivity index (χ0) is 25.4. The minimum Gasteiger partial charge on any atom is -0.456 e. The Morgan fingerprint density at radius 1 is 0.919 bits per heavy atom. The molecule has 10 heteroatoms. The van der Waals surface area contributed by atoms with Gasteiger partial charge in [-0.15, -0.1) is 5.10 Å². The van der Waals surface area contributed by atoms with E-state index in [-0.39, 0.29) is 18.0 Å². The molecule has 2 aliphatic heterocycles. The summed E-state index contributed by atoms with van der Waals surface area (Å²) in [5, 5.41) is 9.15. The van der Waals surface area contributed by atoms with Gasteiger partial charge >= 0.3 is 0 Å². The minimum atomic E-state index is -3.88. The fourth-order valence-corrected chi connectivity index (χ4v) is 6.43. The normalized spacial score (nSPS) is 16.9. The Morgan fingerprint density at radius 2 is 1.70 bits per heavy atom. The third-order valence-electron chi connectivity index (χ3n) is 6.74. The first-order valence-corrected chi connectivity index (χ1v) is 14.1. The summed E-state index contributed by atoms with van der Waals surface area (Å²) in [6, 6.07) is 20.4. The van der Waals surface area contributed by atoms with Gasteiger partial charge in [-0.2, -0.15) is 4.31 Å². The van der Waals surface area contributed by atoms with Gasteiger partial charge in [-0.3, -0.25) is 0 Å². The van der Waals surface area contributed by atoms with Crippen LogP contribution in [0.25, 0.3) is 0 Å². The summed E-state index contributed by atoms with van der Waals surface area (Å²) in [7, 11) is -3.88. The maximum absolute atomic E-state index is 13.9. The van der Waals surface area contributed by atoms with Crippen LogP contribution in [-0.4, -0.2) is 40.8 Å². The van der Waals surface area contributed by atoms with Gasteiger partial charge in [0.2, 0.25) is 10.0 Å². The molecule has 0 bridgehead atoms. The Bertz CT molecular complexity index is 1530. The highest BCUT2D eigenvalue weighted by molar-refractivity contribution is 7.89. The summed E-state index contributed by atoms with van der Waals surface area (Å²) in [6.07, 6.45) is 4.04. The molecule has 3 aromatic carbocycles. The number of benzene rings is 3. The van der Waals surface area contributed by atoms with Gasteiger partial charge in [0.05, 0.1) is 25.0 Å². The molecule has 0 radical (unpaired) electrons. The summed E-state index contributed by atoms with van der Waals surface area (Å²) in [5.41, 5.74) is 3.35. The number of fused-ring (bicyclic) bond motifs is 2. The van der Waals surface area contributed by atoms with E-state index < -0.39 is 10.0 Å². The van der Waals surface area contributed by atoms with Crippen molar-refractivity contribution in [2.75, 3.05) is 18.0 Å². The largest absolute Gasteiger partial charge is 0.456 e. The van der Waals surface area contributed by atoms with Crippen LogP contribution in [0.15, 0.2) is 77.8 Å². The highest BCUT2D eigenvalue weighted by atomic mass is 35.5. The van der Waals surface area contributed by atoms with Crippen molar-refractivity contribution >= 4 is 27.3 Å². The van der Waals surface area contributed by atoms with Gasteiger partial charge in [0.15, 0.2) is 0 Å². The van der Waals surface area contributed by atoms with Crippen molar-refractivity contribution in [3.63, 3.8) is 0 Å². The molecule has 1 aromatic heterocycles.